The predicted molar refractivity (Wildman–Crippen MR) is 105 cm³/mol. The van der Waals surface area contributed by atoms with E-state index in [1.807, 2.05) is 43.3 Å². The second-order valence-corrected chi connectivity index (χ2v) is 6.85. The molecule has 0 aliphatic heterocycles. The molecule has 134 valence electrons. The van der Waals surface area contributed by atoms with Crippen LogP contribution in [0.2, 0.25) is 0 Å². The average molecular weight is 338 g/mol. The summed E-state index contributed by atoms with van der Waals surface area (Å²) in [6, 6.07) is 20.5. The fourth-order valence-corrected chi connectivity index (χ4v) is 2.93. The molecule has 3 unspecified atom stereocenters. The lowest BCUT2D eigenvalue weighted by molar-refractivity contribution is 0.0397. The Hall–Kier alpha value is -1.94. The number of ether oxygens (including phenoxy) is 1. The van der Waals surface area contributed by atoms with Gasteiger partial charge in [0.1, 0.15) is 0 Å². The molecule has 0 aliphatic carbocycles. The average Bonchev–Trinajstić information content (AvgIpc) is 2.60. The van der Waals surface area contributed by atoms with Gasteiger partial charge in [-0.25, -0.2) is 0 Å². The zero-order valence-electron chi connectivity index (χ0n) is 15.1. The van der Waals surface area contributed by atoms with E-state index in [0.29, 0.717) is 6.61 Å². The molecule has 0 aliphatic rings. The van der Waals surface area contributed by atoms with E-state index in [-0.39, 0.29) is 18.2 Å². The van der Waals surface area contributed by atoms with Crippen LogP contribution in [0.3, 0.4) is 0 Å². The van der Waals surface area contributed by atoms with Gasteiger partial charge in [-0.05, 0) is 37.3 Å². The van der Waals surface area contributed by atoms with Crippen LogP contribution in [0.15, 0.2) is 72.8 Å². The zero-order chi connectivity index (χ0) is 18.1. The summed E-state index contributed by atoms with van der Waals surface area (Å²) in [6.45, 7) is 6.40. The van der Waals surface area contributed by atoms with E-state index < -0.39 is 0 Å². The molecular formula is C22H30N2O. The fourth-order valence-electron chi connectivity index (χ4n) is 2.93. The summed E-state index contributed by atoms with van der Waals surface area (Å²) in [5.41, 5.74) is 16.3. The Morgan fingerprint density at radius 2 is 1.44 bits per heavy atom. The van der Waals surface area contributed by atoms with Gasteiger partial charge in [0.2, 0.25) is 0 Å². The molecule has 0 heterocycles. The number of benzene rings is 2. The van der Waals surface area contributed by atoms with E-state index >= 15 is 0 Å². The normalized spacial score (nSPS) is 14.7. The Bertz CT molecular complexity index is 627. The third-order valence-electron chi connectivity index (χ3n) is 4.21. The van der Waals surface area contributed by atoms with Crippen LogP contribution in [-0.4, -0.2) is 24.8 Å². The van der Waals surface area contributed by atoms with Gasteiger partial charge in [0.05, 0.1) is 12.7 Å². The maximum Gasteiger partial charge on any atom is 0.0748 e. The molecule has 0 saturated heterocycles. The predicted octanol–water partition coefficient (Wildman–Crippen LogP) is 3.48. The van der Waals surface area contributed by atoms with Gasteiger partial charge in [0, 0.05) is 12.1 Å². The molecule has 0 bridgehead atoms. The van der Waals surface area contributed by atoms with Crippen LogP contribution in [0.4, 0.5) is 0 Å². The highest BCUT2D eigenvalue weighted by atomic mass is 16.5. The van der Waals surface area contributed by atoms with Crippen LogP contribution in [0, 0.1) is 0 Å². The second-order valence-electron chi connectivity index (χ2n) is 6.85. The fraction of sp³-hybridized carbons (Fsp3) is 0.364. The highest BCUT2D eigenvalue weighted by Gasteiger charge is 2.22. The molecule has 2 rings (SSSR count). The van der Waals surface area contributed by atoms with Crippen molar-refractivity contribution in [3.05, 3.63) is 83.9 Å². The number of hydrogen-bond acceptors (Lipinski definition) is 3. The maximum atomic E-state index is 6.47. The number of hydrogen-bond donors (Lipinski definition) is 2. The van der Waals surface area contributed by atoms with Crippen LogP contribution in [-0.2, 0) is 17.6 Å². The molecule has 0 spiro atoms. The van der Waals surface area contributed by atoms with Crippen molar-refractivity contribution in [2.45, 2.75) is 44.4 Å². The Labute approximate surface area is 151 Å². The summed E-state index contributed by atoms with van der Waals surface area (Å²) in [5.74, 6) is 0. The quantitative estimate of drug-likeness (QED) is 0.652. The van der Waals surface area contributed by atoms with Crippen molar-refractivity contribution in [3.8, 4) is 0 Å². The highest BCUT2D eigenvalue weighted by molar-refractivity contribution is 5.17. The lowest BCUT2D eigenvalue weighted by Crippen LogP contribution is -2.43. The first-order valence-corrected chi connectivity index (χ1v) is 8.89. The van der Waals surface area contributed by atoms with Gasteiger partial charge in [0.15, 0.2) is 0 Å². The van der Waals surface area contributed by atoms with Crippen molar-refractivity contribution in [1.82, 2.24) is 0 Å². The van der Waals surface area contributed by atoms with Gasteiger partial charge in [0.25, 0.3) is 0 Å². The summed E-state index contributed by atoms with van der Waals surface area (Å²) in [4.78, 5) is 0. The lowest BCUT2D eigenvalue weighted by atomic mass is 9.94. The summed E-state index contributed by atoms with van der Waals surface area (Å²) in [7, 11) is 0. The van der Waals surface area contributed by atoms with Crippen molar-refractivity contribution < 1.29 is 4.74 Å². The molecule has 3 nitrogen and oxygen atoms in total. The largest absolute Gasteiger partial charge is 0.372 e. The topological polar surface area (TPSA) is 61.3 Å². The Kier molecular flexibility index (Phi) is 7.86. The van der Waals surface area contributed by atoms with Gasteiger partial charge in [-0.3, -0.25) is 0 Å². The van der Waals surface area contributed by atoms with Gasteiger partial charge in [-0.1, -0.05) is 72.8 Å². The molecule has 3 atom stereocenters. The van der Waals surface area contributed by atoms with Crippen LogP contribution < -0.4 is 11.5 Å². The summed E-state index contributed by atoms with van der Waals surface area (Å²) in [6.07, 6.45) is 2.25. The van der Waals surface area contributed by atoms with Gasteiger partial charge in [-0.15, -0.1) is 0 Å². The molecule has 0 radical (unpaired) electrons. The van der Waals surface area contributed by atoms with E-state index in [2.05, 4.69) is 30.8 Å². The molecule has 2 aromatic carbocycles. The Balaban J connectivity index is 1.97. The van der Waals surface area contributed by atoms with Crippen LogP contribution >= 0.6 is 0 Å². The molecule has 4 N–H and O–H groups in total. The third-order valence-corrected chi connectivity index (χ3v) is 4.21. The molecule has 25 heavy (non-hydrogen) atoms. The highest BCUT2D eigenvalue weighted by Crippen LogP contribution is 2.14. The second kappa shape index (κ2) is 10.1. The summed E-state index contributed by atoms with van der Waals surface area (Å²) in [5, 5.41) is 0. The Morgan fingerprint density at radius 3 is 1.96 bits per heavy atom. The Morgan fingerprint density at radius 1 is 0.920 bits per heavy atom. The van der Waals surface area contributed by atoms with Crippen molar-refractivity contribution in [1.29, 1.82) is 0 Å². The van der Waals surface area contributed by atoms with E-state index in [9.17, 15) is 0 Å². The van der Waals surface area contributed by atoms with Crippen LogP contribution in [0.5, 0.6) is 0 Å². The minimum Gasteiger partial charge on any atom is -0.372 e. The first kappa shape index (κ1) is 19.4. The number of rotatable bonds is 10. The maximum absolute atomic E-state index is 6.47. The molecule has 2 aromatic rings. The molecular weight excluding hydrogens is 308 g/mol. The van der Waals surface area contributed by atoms with Crippen LogP contribution in [0.1, 0.15) is 24.5 Å². The lowest BCUT2D eigenvalue weighted by Gasteiger charge is -2.27. The molecule has 0 saturated carbocycles. The third kappa shape index (κ3) is 7.22. The van der Waals surface area contributed by atoms with Gasteiger partial charge >= 0.3 is 0 Å². The molecule has 3 heteroatoms. The van der Waals surface area contributed by atoms with Crippen LogP contribution in [0.25, 0.3) is 0 Å². The molecule has 0 fully saturated rings. The first-order chi connectivity index (χ1) is 12.0. The summed E-state index contributed by atoms with van der Waals surface area (Å²) < 4.78 is 6.04. The standard InChI is InChI=1S/C22H30N2O/c1-17(2)16-25-22(21(24)14-19-11-7-4-8-12-19)15-20(23)13-18-9-5-3-6-10-18/h3-12,20-22H,1,13-16,23-24H2,2H3. The van der Waals surface area contributed by atoms with E-state index in [4.69, 9.17) is 16.2 Å². The minimum atomic E-state index is -0.0939. The monoisotopic (exact) mass is 338 g/mol. The van der Waals surface area contributed by atoms with Crippen molar-refractivity contribution in [2.75, 3.05) is 6.61 Å². The van der Waals surface area contributed by atoms with Crippen molar-refractivity contribution >= 4 is 0 Å². The van der Waals surface area contributed by atoms with E-state index in [1.165, 1.54) is 11.1 Å². The zero-order valence-corrected chi connectivity index (χ0v) is 15.1. The van der Waals surface area contributed by atoms with Gasteiger partial charge < -0.3 is 16.2 Å². The molecule has 0 aromatic heterocycles. The van der Waals surface area contributed by atoms with Crippen molar-refractivity contribution in [2.24, 2.45) is 11.5 Å². The molecule has 0 amide bonds. The van der Waals surface area contributed by atoms with Gasteiger partial charge in [-0.2, -0.15) is 0 Å². The van der Waals surface area contributed by atoms with E-state index in [1.54, 1.807) is 0 Å². The SMILES string of the molecule is C=C(C)COC(CC(N)Cc1ccccc1)C(N)Cc1ccccc1. The summed E-state index contributed by atoms with van der Waals surface area (Å²) >= 11 is 0. The first-order valence-electron chi connectivity index (χ1n) is 8.89. The van der Waals surface area contributed by atoms with E-state index in [0.717, 1.165) is 24.8 Å². The van der Waals surface area contributed by atoms with Crippen molar-refractivity contribution in [3.63, 3.8) is 0 Å². The minimum absolute atomic E-state index is 0.0133. The smallest absolute Gasteiger partial charge is 0.0748 e. The number of nitrogens with two attached hydrogens (primary N) is 2.